The van der Waals surface area contributed by atoms with Crippen molar-refractivity contribution in [2.45, 2.75) is 44.6 Å². The maximum Gasteiger partial charge on any atom is 0.303 e. The van der Waals surface area contributed by atoms with Crippen LogP contribution in [0.25, 0.3) is 6.08 Å². The van der Waals surface area contributed by atoms with Gasteiger partial charge in [-0.05, 0) is 31.5 Å². The number of fused-ring (bicyclic) bond motifs is 1. The zero-order valence-electron chi connectivity index (χ0n) is 12.9. The maximum absolute atomic E-state index is 11.2. The van der Waals surface area contributed by atoms with Crippen LogP contribution in [0.4, 0.5) is 0 Å². The van der Waals surface area contributed by atoms with Gasteiger partial charge in [-0.15, -0.1) is 0 Å². The molecule has 2 fully saturated rings. The van der Waals surface area contributed by atoms with Crippen LogP contribution >= 0.6 is 15.9 Å². The molecule has 124 valence electrons. The predicted octanol–water partition coefficient (Wildman–Crippen LogP) is 3.43. The molecule has 5 nitrogen and oxygen atoms in total. The van der Waals surface area contributed by atoms with Crippen LogP contribution in [0.1, 0.15) is 25.8 Å². The van der Waals surface area contributed by atoms with Gasteiger partial charge in [0, 0.05) is 10.4 Å². The summed E-state index contributed by atoms with van der Waals surface area (Å²) in [6, 6.07) is 7.85. The van der Waals surface area contributed by atoms with E-state index in [0.29, 0.717) is 0 Å². The van der Waals surface area contributed by atoms with E-state index >= 15 is 0 Å². The van der Waals surface area contributed by atoms with E-state index in [0.717, 1.165) is 10.0 Å². The summed E-state index contributed by atoms with van der Waals surface area (Å²) in [6.45, 7) is 3.61. The molecule has 3 rings (SSSR count). The van der Waals surface area contributed by atoms with E-state index < -0.39 is 18.0 Å². The minimum atomic E-state index is -0.866. The molecule has 2 aliphatic heterocycles. The third-order valence-electron chi connectivity index (χ3n) is 3.98. The maximum atomic E-state index is 11.2. The Kier molecular flexibility index (Phi) is 4.60. The highest BCUT2D eigenvalue weighted by molar-refractivity contribution is 9.10. The molecule has 2 saturated heterocycles. The van der Waals surface area contributed by atoms with Gasteiger partial charge >= 0.3 is 5.97 Å². The van der Waals surface area contributed by atoms with Gasteiger partial charge in [0.2, 0.25) is 0 Å². The summed E-state index contributed by atoms with van der Waals surface area (Å²) in [5.74, 6) is -1.88. The standard InChI is InChI=1S/C17H19BrO5/c1-17(2)22-15-12(9-14(19)20)13(21-16(15)23-17)8-5-10-3-6-11(18)7-4-10/h3-8,12-13,15-16H,9H2,1-2H3,(H,19,20)/t12-,13-,15-,16-/m1/s1. The smallest absolute Gasteiger partial charge is 0.303 e. The molecule has 0 saturated carbocycles. The van der Waals surface area contributed by atoms with E-state index in [9.17, 15) is 9.90 Å². The SMILES string of the molecule is CC1(C)O[C@H]2O[C@H](C=Cc3ccc(Br)cc3)[C@@H](CC(=O)O)[C@H]2O1. The van der Waals surface area contributed by atoms with Crippen LogP contribution in [0.2, 0.25) is 0 Å². The quantitative estimate of drug-likeness (QED) is 0.863. The van der Waals surface area contributed by atoms with Crippen molar-refractivity contribution in [2.24, 2.45) is 5.92 Å². The lowest BCUT2D eigenvalue weighted by Gasteiger charge is -2.23. The predicted molar refractivity (Wildman–Crippen MR) is 87.6 cm³/mol. The van der Waals surface area contributed by atoms with Gasteiger partial charge in [0.15, 0.2) is 12.1 Å². The fourth-order valence-corrected chi connectivity index (χ4v) is 3.26. The fraction of sp³-hybridized carbons (Fsp3) is 0.471. The number of hydrogen-bond acceptors (Lipinski definition) is 4. The second-order valence-electron chi connectivity index (χ2n) is 6.24. The van der Waals surface area contributed by atoms with Crippen molar-refractivity contribution in [3.63, 3.8) is 0 Å². The van der Waals surface area contributed by atoms with E-state index in [-0.39, 0.29) is 24.5 Å². The monoisotopic (exact) mass is 382 g/mol. The first-order chi connectivity index (χ1) is 10.8. The number of ether oxygens (including phenoxy) is 3. The van der Waals surface area contributed by atoms with Crippen molar-refractivity contribution < 1.29 is 24.1 Å². The van der Waals surface area contributed by atoms with Crippen molar-refractivity contribution >= 4 is 28.0 Å². The number of halogens is 1. The van der Waals surface area contributed by atoms with Crippen LogP contribution in [-0.4, -0.2) is 35.4 Å². The molecule has 0 amide bonds. The number of carboxylic acid groups (broad SMARTS) is 1. The van der Waals surface area contributed by atoms with Gasteiger partial charge in [-0.2, -0.15) is 0 Å². The van der Waals surface area contributed by atoms with Gasteiger partial charge in [-0.3, -0.25) is 4.79 Å². The van der Waals surface area contributed by atoms with Gasteiger partial charge < -0.3 is 19.3 Å². The lowest BCUT2D eigenvalue weighted by atomic mass is 9.94. The van der Waals surface area contributed by atoms with Crippen molar-refractivity contribution in [1.82, 2.24) is 0 Å². The highest BCUT2D eigenvalue weighted by Gasteiger charge is 2.54. The molecule has 2 aliphatic rings. The van der Waals surface area contributed by atoms with Crippen LogP contribution in [0.5, 0.6) is 0 Å². The van der Waals surface area contributed by atoms with Gasteiger partial charge in [0.25, 0.3) is 0 Å². The molecular formula is C17H19BrO5. The van der Waals surface area contributed by atoms with Gasteiger partial charge in [-0.1, -0.05) is 40.2 Å². The number of aliphatic carboxylic acids is 1. The molecule has 1 aromatic rings. The summed E-state index contributed by atoms with van der Waals surface area (Å²) in [4.78, 5) is 11.2. The summed E-state index contributed by atoms with van der Waals surface area (Å²) in [5, 5.41) is 9.18. The summed E-state index contributed by atoms with van der Waals surface area (Å²) >= 11 is 3.40. The van der Waals surface area contributed by atoms with Gasteiger partial charge in [0.05, 0.1) is 12.5 Å². The van der Waals surface area contributed by atoms with Crippen molar-refractivity contribution in [3.8, 4) is 0 Å². The summed E-state index contributed by atoms with van der Waals surface area (Å²) in [6.07, 6.45) is 2.57. The molecule has 0 aromatic heterocycles. The van der Waals surface area contributed by atoms with Crippen LogP contribution < -0.4 is 0 Å². The molecule has 6 heteroatoms. The number of carbonyl (C=O) groups is 1. The Hall–Kier alpha value is -1.21. The summed E-state index contributed by atoms with van der Waals surface area (Å²) in [5.41, 5.74) is 1.02. The van der Waals surface area contributed by atoms with Gasteiger partial charge in [0.1, 0.15) is 6.10 Å². The Morgan fingerprint density at radius 2 is 2.00 bits per heavy atom. The number of benzene rings is 1. The van der Waals surface area contributed by atoms with Crippen LogP contribution in [0.15, 0.2) is 34.8 Å². The van der Waals surface area contributed by atoms with E-state index in [1.54, 1.807) is 13.8 Å². The van der Waals surface area contributed by atoms with Crippen LogP contribution in [-0.2, 0) is 19.0 Å². The lowest BCUT2D eigenvalue weighted by molar-refractivity contribution is -0.205. The molecule has 0 radical (unpaired) electrons. The molecular weight excluding hydrogens is 364 g/mol. The highest BCUT2D eigenvalue weighted by atomic mass is 79.9. The molecule has 0 aliphatic carbocycles. The third kappa shape index (κ3) is 3.83. The third-order valence-corrected chi connectivity index (χ3v) is 4.51. The van der Waals surface area contributed by atoms with E-state index in [2.05, 4.69) is 15.9 Å². The highest BCUT2D eigenvalue weighted by Crippen LogP contribution is 2.42. The average Bonchev–Trinajstić information content (AvgIpc) is 2.91. The second-order valence-corrected chi connectivity index (χ2v) is 7.16. The Morgan fingerprint density at radius 1 is 1.30 bits per heavy atom. The normalized spacial score (nSPS) is 32.3. The second kappa shape index (κ2) is 6.36. The van der Waals surface area contributed by atoms with Crippen molar-refractivity contribution in [2.75, 3.05) is 0 Å². The first-order valence-corrected chi connectivity index (χ1v) is 8.30. The lowest BCUT2D eigenvalue weighted by Crippen LogP contribution is -2.31. The molecule has 2 heterocycles. The number of carboxylic acids is 1. The summed E-state index contributed by atoms with van der Waals surface area (Å²) in [7, 11) is 0. The Labute approximate surface area is 143 Å². The fourth-order valence-electron chi connectivity index (χ4n) is 3.00. The number of hydrogen-bond donors (Lipinski definition) is 1. The number of rotatable bonds is 4. The first-order valence-electron chi connectivity index (χ1n) is 7.51. The summed E-state index contributed by atoms with van der Waals surface area (Å²) < 4.78 is 18.4. The molecule has 4 atom stereocenters. The largest absolute Gasteiger partial charge is 0.481 e. The molecule has 23 heavy (non-hydrogen) atoms. The minimum Gasteiger partial charge on any atom is -0.481 e. The Bertz CT molecular complexity index is 610. The molecule has 0 unspecified atom stereocenters. The molecule has 0 bridgehead atoms. The molecule has 1 aromatic carbocycles. The van der Waals surface area contributed by atoms with Gasteiger partial charge in [-0.25, -0.2) is 0 Å². The topological polar surface area (TPSA) is 65.0 Å². The van der Waals surface area contributed by atoms with Crippen molar-refractivity contribution in [1.29, 1.82) is 0 Å². The van der Waals surface area contributed by atoms with E-state index in [4.69, 9.17) is 14.2 Å². The zero-order valence-corrected chi connectivity index (χ0v) is 14.5. The van der Waals surface area contributed by atoms with Crippen LogP contribution in [0, 0.1) is 5.92 Å². The molecule has 1 N–H and O–H groups in total. The zero-order chi connectivity index (χ0) is 16.6. The average molecular weight is 383 g/mol. The van der Waals surface area contributed by atoms with E-state index in [1.165, 1.54) is 0 Å². The van der Waals surface area contributed by atoms with E-state index in [1.807, 2.05) is 36.4 Å². The first kappa shape index (κ1) is 16.6. The van der Waals surface area contributed by atoms with Crippen LogP contribution in [0.3, 0.4) is 0 Å². The molecule has 0 spiro atoms. The Balaban J connectivity index is 1.76. The Morgan fingerprint density at radius 3 is 2.65 bits per heavy atom. The van der Waals surface area contributed by atoms with Crippen molar-refractivity contribution in [3.05, 3.63) is 40.4 Å². The minimum absolute atomic E-state index is 0.0179.